The molecule has 0 aromatic carbocycles. The number of ether oxygens (including phenoxy) is 1. The van der Waals surface area contributed by atoms with E-state index in [1.807, 2.05) is 20.8 Å². The highest BCUT2D eigenvalue weighted by Gasteiger charge is 2.28. The van der Waals surface area contributed by atoms with E-state index in [0.717, 1.165) is 25.7 Å². The number of alkyl carbamates (subject to hydrolysis) is 1. The van der Waals surface area contributed by atoms with Crippen LogP contribution in [0.5, 0.6) is 0 Å². The van der Waals surface area contributed by atoms with Crippen LogP contribution in [-0.4, -0.2) is 37.3 Å². The molecule has 4 N–H and O–H groups in total. The molecule has 0 aliphatic heterocycles. The zero-order valence-electron chi connectivity index (χ0n) is 14.7. The molecule has 1 fully saturated rings. The van der Waals surface area contributed by atoms with Crippen molar-refractivity contribution in [2.45, 2.75) is 64.1 Å². The summed E-state index contributed by atoms with van der Waals surface area (Å²) in [5.41, 5.74) is 6.06. The van der Waals surface area contributed by atoms with Crippen molar-refractivity contribution >= 4 is 23.1 Å². The largest absolute Gasteiger partial charge is 0.444 e. The predicted octanol–water partition coefficient (Wildman–Crippen LogP) is 1.71. The van der Waals surface area contributed by atoms with Gasteiger partial charge < -0.3 is 20.8 Å². The number of hydrogen-bond donors (Lipinski definition) is 3. The van der Waals surface area contributed by atoms with E-state index in [2.05, 4.69) is 20.3 Å². The predicted molar refractivity (Wildman–Crippen MR) is 93.2 cm³/mol. The van der Waals surface area contributed by atoms with Crippen LogP contribution < -0.4 is 16.7 Å². The second-order valence-corrected chi connectivity index (χ2v) is 7.41. The second-order valence-electron chi connectivity index (χ2n) is 7.41. The fraction of sp³-hybridized carbons (Fsp3) is 0.625. The number of carbonyl (C=O) groups excluding carboxylic acids is 1. The van der Waals surface area contributed by atoms with Crippen LogP contribution in [-0.2, 0) is 4.74 Å². The maximum atomic E-state index is 12.3. The number of nitrogen functional groups attached to an aromatic ring is 1. The number of nitrogens with two attached hydrogens (primary N) is 1. The van der Waals surface area contributed by atoms with E-state index < -0.39 is 11.7 Å². The van der Waals surface area contributed by atoms with Gasteiger partial charge in [0.2, 0.25) is 0 Å². The molecule has 0 unspecified atom stereocenters. The third-order valence-corrected chi connectivity index (χ3v) is 4.32. The third-order valence-electron chi connectivity index (χ3n) is 4.32. The van der Waals surface area contributed by atoms with E-state index in [0.29, 0.717) is 11.2 Å². The van der Waals surface area contributed by atoms with E-state index in [4.69, 9.17) is 10.5 Å². The quantitative estimate of drug-likeness (QED) is 0.758. The van der Waals surface area contributed by atoms with Gasteiger partial charge in [0.1, 0.15) is 17.4 Å². The highest BCUT2D eigenvalue weighted by molar-refractivity contribution is 5.81. The van der Waals surface area contributed by atoms with Crippen molar-refractivity contribution < 1.29 is 9.53 Å². The SMILES string of the molecule is CC(C)(C)OC(=O)N[C@H]1CC[C@@H](n2c(=O)[nH]c3c(N)ncnc32)CC1. The maximum Gasteiger partial charge on any atom is 0.407 e. The molecule has 3 rings (SSSR count). The summed E-state index contributed by atoms with van der Waals surface area (Å²) in [6.07, 6.45) is 4.01. The summed E-state index contributed by atoms with van der Waals surface area (Å²) >= 11 is 0. The van der Waals surface area contributed by atoms with Crippen LogP contribution in [0.1, 0.15) is 52.5 Å². The first-order valence-electron chi connectivity index (χ1n) is 8.45. The standard InChI is InChI=1S/C16H24N6O3/c1-16(2,3)25-15(24)20-9-4-6-10(7-5-9)22-13-11(21-14(22)23)12(17)18-8-19-13/h8-10H,4-7H2,1-3H3,(H,20,24)(H,21,23)(H2,17,18,19)/t9-,10+. The van der Waals surface area contributed by atoms with E-state index in [9.17, 15) is 9.59 Å². The monoisotopic (exact) mass is 348 g/mol. The van der Waals surface area contributed by atoms with Crippen LogP contribution in [0.25, 0.3) is 11.2 Å². The highest BCUT2D eigenvalue weighted by Crippen LogP contribution is 2.30. The number of fused-ring (bicyclic) bond motifs is 1. The van der Waals surface area contributed by atoms with Crippen molar-refractivity contribution in [2.75, 3.05) is 5.73 Å². The molecule has 2 heterocycles. The first-order valence-corrected chi connectivity index (χ1v) is 8.45. The van der Waals surface area contributed by atoms with Gasteiger partial charge in [0.05, 0.1) is 0 Å². The average molecular weight is 348 g/mol. The molecule has 1 aliphatic carbocycles. The molecule has 0 spiro atoms. The minimum Gasteiger partial charge on any atom is -0.444 e. The zero-order valence-corrected chi connectivity index (χ0v) is 14.7. The number of nitrogens with one attached hydrogen (secondary N) is 2. The number of imidazole rings is 1. The summed E-state index contributed by atoms with van der Waals surface area (Å²) in [7, 11) is 0. The Morgan fingerprint density at radius 3 is 2.64 bits per heavy atom. The minimum absolute atomic E-state index is 0.0206. The lowest BCUT2D eigenvalue weighted by atomic mass is 9.91. The molecule has 9 nitrogen and oxygen atoms in total. The summed E-state index contributed by atoms with van der Waals surface area (Å²) < 4.78 is 6.94. The Hall–Kier alpha value is -2.58. The van der Waals surface area contributed by atoms with Crippen LogP contribution in [0.2, 0.25) is 0 Å². The first kappa shape index (κ1) is 17.2. The van der Waals surface area contributed by atoms with Crippen molar-refractivity contribution in [3.05, 3.63) is 16.8 Å². The molecular formula is C16H24N6O3. The van der Waals surface area contributed by atoms with Gasteiger partial charge in [-0.1, -0.05) is 0 Å². The Balaban J connectivity index is 1.67. The van der Waals surface area contributed by atoms with Crippen molar-refractivity contribution in [1.29, 1.82) is 0 Å². The Morgan fingerprint density at radius 2 is 2.00 bits per heavy atom. The van der Waals surface area contributed by atoms with Crippen molar-refractivity contribution in [1.82, 2.24) is 24.8 Å². The third kappa shape index (κ3) is 3.75. The Bertz CT molecular complexity index is 826. The summed E-state index contributed by atoms with van der Waals surface area (Å²) in [6, 6.07) is 0.0685. The van der Waals surface area contributed by atoms with Crippen molar-refractivity contribution in [2.24, 2.45) is 0 Å². The Labute approximate surface area is 145 Å². The molecule has 1 saturated carbocycles. The van der Waals surface area contributed by atoms with Gasteiger partial charge in [-0.3, -0.25) is 4.57 Å². The van der Waals surface area contributed by atoms with E-state index in [1.165, 1.54) is 6.33 Å². The summed E-state index contributed by atoms with van der Waals surface area (Å²) in [5, 5.41) is 2.90. The normalized spacial score (nSPS) is 21.2. The molecule has 136 valence electrons. The lowest BCUT2D eigenvalue weighted by Crippen LogP contribution is -2.41. The molecule has 2 aromatic rings. The van der Waals surface area contributed by atoms with Gasteiger partial charge in [0.15, 0.2) is 11.5 Å². The number of aromatic nitrogens is 4. The fourth-order valence-electron chi connectivity index (χ4n) is 3.25. The first-order chi connectivity index (χ1) is 11.7. The molecule has 25 heavy (non-hydrogen) atoms. The van der Waals surface area contributed by atoms with E-state index in [1.54, 1.807) is 4.57 Å². The molecule has 0 atom stereocenters. The lowest BCUT2D eigenvalue weighted by Gasteiger charge is -2.30. The molecular weight excluding hydrogens is 324 g/mol. The van der Waals surface area contributed by atoms with Gasteiger partial charge in [-0.25, -0.2) is 19.6 Å². The molecule has 1 amide bonds. The van der Waals surface area contributed by atoms with Crippen LogP contribution in [0.15, 0.2) is 11.1 Å². The Morgan fingerprint density at radius 1 is 1.32 bits per heavy atom. The van der Waals surface area contributed by atoms with Gasteiger partial charge in [0.25, 0.3) is 0 Å². The van der Waals surface area contributed by atoms with Crippen LogP contribution in [0, 0.1) is 0 Å². The number of aromatic amines is 1. The summed E-state index contributed by atoms with van der Waals surface area (Å²) in [5.74, 6) is 0.265. The number of hydrogen-bond acceptors (Lipinski definition) is 6. The van der Waals surface area contributed by atoms with Crippen molar-refractivity contribution in [3.63, 3.8) is 0 Å². The minimum atomic E-state index is -0.516. The van der Waals surface area contributed by atoms with E-state index >= 15 is 0 Å². The zero-order chi connectivity index (χ0) is 18.2. The number of anilines is 1. The number of amides is 1. The van der Waals surface area contributed by atoms with Crippen LogP contribution in [0.4, 0.5) is 10.6 Å². The lowest BCUT2D eigenvalue weighted by molar-refractivity contribution is 0.0488. The topological polar surface area (TPSA) is 128 Å². The number of carbonyl (C=O) groups is 1. The molecule has 1 aliphatic rings. The van der Waals surface area contributed by atoms with Crippen LogP contribution >= 0.6 is 0 Å². The fourth-order valence-corrected chi connectivity index (χ4v) is 3.25. The smallest absolute Gasteiger partial charge is 0.407 e. The van der Waals surface area contributed by atoms with Gasteiger partial charge in [-0.15, -0.1) is 0 Å². The van der Waals surface area contributed by atoms with E-state index in [-0.39, 0.29) is 23.6 Å². The highest BCUT2D eigenvalue weighted by atomic mass is 16.6. The number of nitrogens with zero attached hydrogens (tertiary/aromatic N) is 3. The number of H-pyrrole nitrogens is 1. The molecule has 9 heteroatoms. The average Bonchev–Trinajstić information content (AvgIpc) is 2.84. The van der Waals surface area contributed by atoms with Crippen molar-refractivity contribution in [3.8, 4) is 0 Å². The molecule has 0 radical (unpaired) electrons. The molecule has 0 saturated heterocycles. The van der Waals surface area contributed by atoms with Gasteiger partial charge in [-0.05, 0) is 46.5 Å². The van der Waals surface area contributed by atoms with Gasteiger partial charge >= 0.3 is 11.8 Å². The summed E-state index contributed by atoms with van der Waals surface area (Å²) in [4.78, 5) is 35.0. The van der Waals surface area contributed by atoms with Gasteiger partial charge in [-0.2, -0.15) is 0 Å². The summed E-state index contributed by atoms with van der Waals surface area (Å²) in [6.45, 7) is 5.50. The Kier molecular flexibility index (Phi) is 4.40. The maximum absolute atomic E-state index is 12.3. The molecule has 2 aromatic heterocycles. The number of rotatable bonds is 2. The van der Waals surface area contributed by atoms with Gasteiger partial charge in [0, 0.05) is 12.1 Å². The second kappa shape index (κ2) is 6.38. The molecule has 0 bridgehead atoms. The van der Waals surface area contributed by atoms with Crippen LogP contribution in [0.3, 0.4) is 0 Å².